The lowest BCUT2D eigenvalue weighted by atomic mass is 10.1. The molecule has 2 aromatic rings. The molecule has 1 saturated heterocycles. The number of morpholine rings is 1. The Morgan fingerprint density at radius 3 is 2.64 bits per heavy atom. The molecule has 6 N–H and O–H groups in total. The van der Waals surface area contributed by atoms with E-state index in [0.29, 0.717) is 11.1 Å². The van der Waals surface area contributed by atoms with Crippen LogP contribution >= 0.6 is 0 Å². The Bertz CT molecular complexity index is 1230. The highest BCUT2D eigenvalue weighted by Crippen LogP contribution is 2.31. The van der Waals surface area contributed by atoms with Crippen LogP contribution in [-0.2, 0) is 20.9 Å². The first-order valence-electron chi connectivity index (χ1n) is 10.3. The van der Waals surface area contributed by atoms with Gasteiger partial charge in [-0.3, -0.25) is 14.4 Å². The highest BCUT2D eigenvalue weighted by Gasteiger charge is 2.40. The Morgan fingerprint density at radius 1 is 1.31 bits per heavy atom. The average Bonchev–Trinajstić information content (AvgIpc) is 2.82. The van der Waals surface area contributed by atoms with Gasteiger partial charge in [-0.05, 0) is 42.0 Å². The van der Waals surface area contributed by atoms with E-state index in [1.165, 1.54) is 18.2 Å². The molecule has 1 aliphatic rings. The van der Waals surface area contributed by atoms with Crippen LogP contribution in [0.1, 0.15) is 21.5 Å². The predicted molar refractivity (Wildman–Crippen MR) is 117 cm³/mol. The number of hydrogen-bond acceptors (Lipinski definition) is 8. The lowest BCUT2D eigenvalue weighted by molar-refractivity contribution is -0.274. The van der Waals surface area contributed by atoms with Gasteiger partial charge in [-0.2, -0.15) is 5.26 Å². The van der Waals surface area contributed by atoms with Crippen molar-refractivity contribution in [3.63, 3.8) is 0 Å². The van der Waals surface area contributed by atoms with Crippen molar-refractivity contribution < 1.29 is 42.1 Å². The van der Waals surface area contributed by atoms with Crippen LogP contribution in [0.2, 0.25) is 0 Å². The normalized spacial score (nSPS) is 16.7. The number of nitriles is 1. The minimum Gasteiger partial charge on any atom is -0.406 e. The van der Waals surface area contributed by atoms with Crippen molar-refractivity contribution in [2.24, 2.45) is 11.5 Å². The summed E-state index contributed by atoms with van der Waals surface area (Å²) in [5.74, 6) is -3.80. The van der Waals surface area contributed by atoms with Gasteiger partial charge in [0.1, 0.15) is 5.75 Å². The van der Waals surface area contributed by atoms with Gasteiger partial charge in [-0.15, -0.1) is 13.2 Å². The van der Waals surface area contributed by atoms with Crippen LogP contribution in [0.4, 0.5) is 24.5 Å². The fraction of sp³-hybridized carbons (Fsp3) is 0.273. The van der Waals surface area contributed by atoms with Crippen LogP contribution in [0.15, 0.2) is 36.4 Å². The molecule has 0 bridgehead atoms. The number of carbonyl (C=O) groups is 3. The molecule has 14 heteroatoms. The van der Waals surface area contributed by atoms with Gasteiger partial charge in [0, 0.05) is 18.8 Å². The van der Waals surface area contributed by atoms with Crippen molar-refractivity contribution >= 4 is 29.1 Å². The van der Waals surface area contributed by atoms with Crippen LogP contribution in [0.5, 0.6) is 5.75 Å². The second kappa shape index (κ2) is 10.6. The van der Waals surface area contributed by atoms with E-state index in [9.17, 15) is 32.7 Å². The number of aliphatic hydroxyl groups excluding tert-OH is 1. The molecule has 1 aliphatic heterocycles. The molecule has 0 radical (unpaired) electrons. The van der Waals surface area contributed by atoms with Gasteiger partial charge >= 0.3 is 6.36 Å². The molecule has 190 valence electrons. The SMILES string of the molecule is N#Cc1ccc(NC(=O)C(O)C2OCCN(c3ccc(OC(F)(F)F)cc3C(N)=O)C2=O)cc1CN. The molecule has 0 aromatic heterocycles. The van der Waals surface area contributed by atoms with Gasteiger partial charge in [-0.1, -0.05) is 0 Å². The molecular weight excluding hydrogens is 487 g/mol. The van der Waals surface area contributed by atoms with Gasteiger partial charge in [0.15, 0.2) is 12.2 Å². The molecule has 36 heavy (non-hydrogen) atoms. The second-order valence-corrected chi connectivity index (χ2v) is 7.49. The van der Waals surface area contributed by atoms with Gasteiger partial charge in [0.05, 0.1) is 29.5 Å². The number of alkyl halides is 3. The monoisotopic (exact) mass is 507 g/mol. The highest BCUT2D eigenvalue weighted by molar-refractivity contribution is 6.08. The zero-order valence-electron chi connectivity index (χ0n) is 18.4. The molecule has 1 heterocycles. The molecule has 2 unspecified atom stereocenters. The molecule has 0 aliphatic carbocycles. The van der Waals surface area contributed by atoms with Crippen LogP contribution in [0.3, 0.4) is 0 Å². The van der Waals surface area contributed by atoms with E-state index in [4.69, 9.17) is 21.5 Å². The maximum Gasteiger partial charge on any atom is 0.573 e. The third-order valence-corrected chi connectivity index (χ3v) is 5.15. The number of aliphatic hydroxyl groups is 1. The van der Waals surface area contributed by atoms with Crippen molar-refractivity contribution in [2.45, 2.75) is 25.1 Å². The van der Waals surface area contributed by atoms with E-state index in [0.717, 1.165) is 23.1 Å². The first-order chi connectivity index (χ1) is 16.9. The Balaban J connectivity index is 1.81. The summed E-state index contributed by atoms with van der Waals surface area (Å²) in [6.45, 7) is -0.295. The summed E-state index contributed by atoms with van der Waals surface area (Å²) in [5.41, 5.74) is 11.2. The van der Waals surface area contributed by atoms with Gasteiger partial charge in [-0.25, -0.2) is 0 Å². The molecule has 2 aromatic carbocycles. The van der Waals surface area contributed by atoms with Crippen LogP contribution in [0, 0.1) is 11.3 Å². The van der Waals surface area contributed by atoms with Crippen LogP contribution < -0.4 is 26.4 Å². The van der Waals surface area contributed by atoms with E-state index >= 15 is 0 Å². The number of benzene rings is 2. The Kier molecular flexibility index (Phi) is 7.78. The Hall–Kier alpha value is -4.19. The number of amides is 3. The molecule has 0 saturated carbocycles. The van der Waals surface area contributed by atoms with Crippen molar-refractivity contribution in [3.8, 4) is 11.8 Å². The minimum atomic E-state index is -5.02. The van der Waals surface area contributed by atoms with E-state index in [-0.39, 0.29) is 31.1 Å². The van der Waals surface area contributed by atoms with E-state index in [1.807, 2.05) is 6.07 Å². The van der Waals surface area contributed by atoms with Crippen molar-refractivity contribution in [3.05, 3.63) is 53.1 Å². The summed E-state index contributed by atoms with van der Waals surface area (Å²) >= 11 is 0. The average molecular weight is 507 g/mol. The number of anilines is 2. The molecule has 2 atom stereocenters. The Labute approximate surface area is 202 Å². The molecule has 11 nitrogen and oxygen atoms in total. The van der Waals surface area contributed by atoms with Gasteiger partial charge in [0.2, 0.25) is 0 Å². The maximum absolute atomic E-state index is 13.0. The number of nitrogens with one attached hydrogen (secondary N) is 1. The summed E-state index contributed by atoms with van der Waals surface area (Å²) in [6, 6.07) is 8.85. The fourth-order valence-electron chi connectivity index (χ4n) is 3.52. The summed E-state index contributed by atoms with van der Waals surface area (Å²) in [5, 5.41) is 22.0. The van der Waals surface area contributed by atoms with Gasteiger partial charge in [0.25, 0.3) is 17.7 Å². The van der Waals surface area contributed by atoms with E-state index < -0.39 is 47.6 Å². The maximum atomic E-state index is 13.0. The van der Waals surface area contributed by atoms with E-state index in [1.54, 1.807) is 0 Å². The molecule has 3 amide bonds. The molecular formula is C22H20F3N5O6. The summed E-state index contributed by atoms with van der Waals surface area (Å²) < 4.78 is 46.7. The van der Waals surface area contributed by atoms with Crippen molar-refractivity contribution in [1.82, 2.24) is 0 Å². The zero-order valence-corrected chi connectivity index (χ0v) is 18.4. The predicted octanol–water partition coefficient (Wildman–Crippen LogP) is 0.746. The summed E-state index contributed by atoms with van der Waals surface area (Å²) in [6.07, 6.45) is -8.71. The lowest BCUT2D eigenvalue weighted by Crippen LogP contribution is -2.55. The number of primary amides is 1. The number of rotatable bonds is 7. The van der Waals surface area contributed by atoms with Crippen LogP contribution in [0.25, 0.3) is 0 Å². The molecule has 3 rings (SSSR count). The minimum absolute atomic E-state index is 0.0172. The smallest absolute Gasteiger partial charge is 0.406 e. The molecule has 1 fully saturated rings. The number of nitrogens with two attached hydrogens (primary N) is 2. The largest absolute Gasteiger partial charge is 0.573 e. The number of carbonyl (C=O) groups excluding carboxylic acids is 3. The third-order valence-electron chi connectivity index (χ3n) is 5.15. The second-order valence-electron chi connectivity index (χ2n) is 7.49. The topological polar surface area (TPSA) is 181 Å². The van der Waals surface area contributed by atoms with E-state index in [2.05, 4.69) is 10.1 Å². The third kappa shape index (κ3) is 5.89. The van der Waals surface area contributed by atoms with Crippen molar-refractivity contribution in [1.29, 1.82) is 5.26 Å². The molecule has 0 spiro atoms. The number of hydrogen-bond donors (Lipinski definition) is 4. The lowest BCUT2D eigenvalue weighted by Gasteiger charge is -2.34. The number of ether oxygens (including phenoxy) is 2. The number of nitrogens with zero attached hydrogens (tertiary/aromatic N) is 2. The van der Waals surface area contributed by atoms with Crippen molar-refractivity contribution in [2.75, 3.05) is 23.4 Å². The van der Waals surface area contributed by atoms with Crippen LogP contribution in [-0.4, -0.2) is 54.5 Å². The number of halogens is 3. The standard InChI is InChI=1S/C22H20F3N5O6/c23-22(24,25)36-14-3-4-16(15(8-14)19(28)32)30-5-6-35-18(21(30)34)17(31)20(33)29-13-2-1-11(9-26)12(7-13)10-27/h1-4,7-8,17-18,31H,5-6,10,27H2,(H2,28,32)(H,29,33). The van der Waals surface area contributed by atoms with Gasteiger partial charge < -0.3 is 36.3 Å². The zero-order chi connectivity index (χ0) is 26.6. The summed E-state index contributed by atoms with van der Waals surface area (Å²) in [7, 11) is 0. The highest BCUT2D eigenvalue weighted by atomic mass is 19.4. The fourth-order valence-corrected chi connectivity index (χ4v) is 3.52. The Morgan fingerprint density at radius 2 is 2.03 bits per heavy atom. The first-order valence-corrected chi connectivity index (χ1v) is 10.3. The quantitative estimate of drug-likeness (QED) is 0.423. The first kappa shape index (κ1) is 26.4. The summed E-state index contributed by atoms with van der Waals surface area (Å²) in [4.78, 5) is 38.5.